The number of thioether (sulfide) groups is 1. The normalized spacial score (nSPS) is 19.6. The summed E-state index contributed by atoms with van der Waals surface area (Å²) >= 11 is 6.49. The number of amides is 1. The lowest BCUT2D eigenvalue weighted by molar-refractivity contribution is -0.150. The van der Waals surface area contributed by atoms with Crippen molar-refractivity contribution < 1.29 is 24.2 Å². The molecule has 2 aliphatic rings. The average Bonchev–Trinajstić information content (AvgIpc) is 3.40. The Morgan fingerprint density at radius 2 is 1.92 bits per heavy atom. The second-order valence-electron chi connectivity index (χ2n) is 8.34. The molecule has 2 aliphatic heterocycles. The van der Waals surface area contributed by atoms with Gasteiger partial charge in [0.1, 0.15) is 10.4 Å². The van der Waals surface area contributed by atoms with Crippen molar-refractivity contribution in [3.8, 4) is 0 Å². The molecule has 2 aromatic rings. The fraction of sp³-hybridized carbons (Fsp3) is 0.269. The Morgan fingerprint density at radius 3 is 2.56 bits per heavy atom. The molecule has 1 saturated heterocycles. The first-order valence-corrected chi connectivity index (χ1v) is 12.6. The Balaban J connectivity index is 1.62. The molecule has 1 fully saturated rings. The smallest absolute Gasteiger partial charge is 0.329 e. The highest BCUT2D eigenvalue weighted by atomic mass is 32.2. The van der Waals surface area contributed by atoms with E-state index < -0.39 is 29.9 Å². The lowest BCUT2D eigenvalue weighted by atomic mass is 10.0. The van der Waals surface area contributed by atoms with Crippen LogP contribution in [0.3, 0.4) is 0 Å². The molecule has 10 heteroatoms. The molecule has 1 amide bonds. The minimum absolute atomic E-state index is 0.166. The third-order valence-corrected chi connectivity index (χ3v) is 7.15. The van der Waals surface area contributed by atoms with E-state index in [2.05, 4.69) is 5.10 Å². The number of hydrogen-bond acceptors (Lipinski definition) is 8. The summed E-state index contributed by atoms with van der Waals surface area (Å²) < 4.78 is 5.45. The van der Waals surface area contributed by atoms with Gasteiger partial charge in [-0.1, -0.05) is 84.1 Å². The van der Waals surface area contributed by atoms with Gasteiger partial charge in [-0.25, -0.2) is 9.59 Å². The number of rotatable bonds is 8. The van der Waals surface area contributed by atoms with Gasteiger partial charge in [-0.3, -0.25) is 14.7 Å². The Morgan fingerprint density at radius 1 is 1.22 bits per heavy atom. The van der Waals surface area contributed by atoms with Crippen molar-refractivity contribution in [2.24, 2.45) is 5.10 Å². The predicted octanol–water partition coefficient (Wildman–Crippen LogP) is 3.73. The van der Waals surface area contributed by atoms with Crippen LogP contribution in [0.15, 0.2) is 70.8 Å². The molecule has 0 saturated carbocycles. The van der Waals surface area contributed by atoms with Gasteiger partial charge in [-0.2, -0.15) is 5.10 Å². The molecular weight excluding hydrogens is 498 g/mol. The van der Waals surface area contributed by atoms with Gasteiger partial charge in [0.25, 0.3) is 5.91 Å². The first kappa shape index (κ1) is 25.6. The van der Waals surface area contributed by atoms with Gasteiger partial charge >= 0.3 is 11.9 Å². The summed E-state index contributed by atoms with van der Waals surface area (Å²) in [6.07, 6.45) is 1.83. The molecule has 0 unspecified atom stereocenters. The van der Waals surface area contributed by atoms with Gasteiger partial charge in [0.2, 0.25) is 0 Å². The number of aryl methyl sites for hydroxylation is 1. The summed E-state index contributed by atoms with van der Waals surface area (Å²) in [7, 11) is 0. The summed E-state index contributed by atoms with van der Waals surface area (Å²) in [6, 6.07) is 15.0. The van der Waals surface area contributed by atoms with Crippen LogP contribution >= 0.6 is 24.0 Å². The second-order valence-corrected chi connectivity index (χ2v) is 10.0. The van der Waals surface area contributed by atoms with Gasteiger partial charge in [-0.15, -0.1) is 0 Å². The molecule has 0 radical (unpaired) electrons. The van der Waals surface area contributed by atoms with E-state index in [-0.39, 0.29) is 28.7 Å². The summed E-state index contributed by atoms with van der Waals surface area (Å²) in [5, 5.41) is 15.6. The standard InChI is InChI=1S/C26H25N3O5S2/c1-3-34-25(33)21(13-17-7-5-4-6-8-17)29-23(30)22(36-26(29)35)15-28-20(24(31)32)14-19(27-28)18-11-9-16(2)10-12-18/h4-12,15,20-21H,3,13-14H2,1-2H3,(H,31,32)/b22-15-/t20-,21-/m0/s1. The number of hydrogen-bond donors (Lipinski definition) is 1. The molecule has 2 heterocycles. The van der Waals surface area contributed by atoms with E-state index in [0.29, 0.717) is 5.71 Å². The zero-order valence-corrected chi connectivity index (χ0v) is 21.4. The lowest BCUT2D eigenvalue weighted by Crippen LogP contribution is -2.46. The molecular formula is C26H25N3O5S2. The first-order valence-electron chi connectivity index (χ1n) is 11.4. The lowest BCUT2D eigenvalue weighted by Gasteiger charge is -2.25. The van der Waals surface area contributed by atoms with Crippen molar-refractivity contribution in [2.45, 2.75) is 38.8 Å². The maximum Gasteiger partial charge on any atom is 0.329 e. The van der Waals surface area contributed by atoms with Crippen LogP contribution in [0.1, 0.15) is 30.0 Å². The zero-order valence-electron chi connectivity index (χ0n) is 19.8. The van der Waals surface area contributed by atoms with Gasteiger partial charge in [0, 0.05) is 19.0 Å². The van der Waals surface area contributed by atoms with Crippen LogP contribution in [0.25, 0.3) is 0 Å². The molecule has 0 bridgehead atoms. The third kappa shape index (κ3) is 5.50. The van der Waals surface area contributed by atoms with Gasteiger partial charge < -0.3 is 9.84 Å². The van der Waals surface area contributed by atoms with Gasteiger partial charge in [0.05, 0.1) is 17.2 Å². The largest absolute Gasteiger partial charge is 0.480 e. The van der Waals surface area contributed by atoms with Crippen molar-refractivity contribution >= 4 is 51.9 Å². The third-order valence-electron chi connectivity index (χ3n) is 5.83. The zero-order chi connectivity index (χ0) is 25.8. The second kappa shape index (κ2) is 11.0. The van der Waals surface area contributed by atoms with Crippen molar-refractivity contribution in [3.63, 3.8) is 0 Å². The van der Waals surface area contributed by atoms with Crippen LogP contribution in [-0.4, -0.2) is 61.6 Å². The van der Waals surface area contributed by atoms with E-state index in [9.17, 15) is 19.5 Å². The van der Waals surface area contributed by atoms with Crippen LogP contribution in [0.5, 0.6) is 0 Å². The molecule has 1 N–H and O–H groups in total. The molecule has 186 valence electrons. The number of hydrazone groups is 1. The number of carbonyl (C=O) groups excluding carboxylic acids is 2. The summed E-state index contributed by atoms with van der Waals surface area (Å²) in [4.78, 5) is 39.7. The Kier molecular flexibility index (Phi) is 7.85. The number of carboxylic acid groups (broad SMARTS) is 1. The van der Waals surface area contributed by atoms with Crippen molar-refractivity contribution in [1.82, 2.24) is 9.91 Å². The summed E-state index contributed by atoms with van der Waals surface area (Å²) in [5.41, 5.74) is 3.37. The van der Waals surface area contributed by atoms with Crippen LogP contribution in [0, 0.1) is 6.92 Å². The number of ether oxygens (including phenoxy) is 1. The molecule has 4 rings (SSSR count). The van der Waals surface area contributed by atoms with Gasteiger partial charge in [-0.05, 0) is 25.0 Å². The number of carboxylic acids is 1. The van der Waals surface area contributed by atoms with E-state index in [1.165, 1.54) is 16.1 Å². The first-order chi connectivity index (χ1) is 17.3. The quantitative estimate of drug-likeness (QED) is 0.317. The topological polar surface area (TPSA) is 99.5 Å². The van der Waals surface area contributed by atoms with E-state index in [1.54, 1.807) is 6.92 Å². The van der Waals surface area contributed by atoms with E-state index in [1.807, 2.05) is 61.5 Å². The minimum Gasteiger partial charge on any atom is -0.480 e. The molecule has 2 aromatic carbocycles. The van der Waals surface area contributed by atoms with E-state index in [0.717, 1.165) is 28.5 Å². The maximum atomic E-state index is 13.4. The molecule has 0 aromatic heterocycles. The monoisotopic (exact) mass is 523 g/mol. The van der Waals surface area contributed by atoms with Crippen LogP contribution in [0.4, 0.5) is 0 Å². The van der Waals surface area contributed by atoms with Crippen LogP contribution in [-0.2, 0) is 25.5 Å². The summed E-state index contributed by atoms with van der Waals surface area (Å²) in [5.74, 6) is -2.09. The Labute approximate surface area is 218 Å². The van der Waals surface area contributed by atoms with Gasteiger partial charge in [0.15, 0.2) is 6.04 Å². The number of carbonyl (C=O) groups is 3. The number of aliphatic carboxylic acids is 1. The van der Waals surface area contributed by atoms with E-state index in [4.69, 9.17) is 17.0 Å². The SMILES string of the molecule is CCOC(=O)[C@H](Cc1ccccc1)N1C(=O)/C(=C/N2N=C(c3ccc(C)cc3)C[C@H]2C(=O)O)SC1=S. The predicted molar refractivity (Wildman–Crippen MR) is 141 cm³/mol. The number of esters is 1. The number of nitrogens with zero attached hydrogens (tertiary/aromatic N) is 3. The van der Waals surface area contributed by atoms with Crippen molar-refractivity contribution in [1.29, 1.82) is 0 Å². The number of benzene rings is 2. The van der Waals surface area contributed by atoms with Crippen molar-refractivity contribution in [3.05, 3.63) is 82.4 Å². The van der Waals surface area contributed by atoms with Crippen molar-refractivity contribution in [2.75, 3.05) is 6.61 Å². The molecule has 0 aliphatic carbocycles. The highest BCUT2D eigenvalue weighted by molar-refractivity contribution is 8.26. The molecule has 0 spiro atoms. The maximum absolute atomic E-state index is 13.4. The summed E-state index contributed by atoms with van der Waals surface area (Å²) in [6.45, 7) is 3.83. The highest BCUT2D eigenvalue weighted by Gasteiger charge is 2.42. The highest BCUT2D eigenvalue weighted by Crippen LogP contribution is 2.35. The fourth-order valence-electron chi connectivity index (χ4n) is 3.98. The Hall–Kier alpha value is -3.50. The Bertz CT molecular complexity index is 1240. The van der Waals surface area contributed by atoms with E-state index >= 15 is 0 Å². The van der Waals surface area contributed by atoms with Crippen LogP contribution in [0.2, 0.25) is 0 Å². The average molecular weight is 524 g/mol. The molecule has 2 atom stereocenters. The minimum atomic E-state index is -1.05. The number of thiocarbonyl (C=S) groups is 1. The molecule has 8 nitrogen and oxygen atoms in total. The fourth-order valence-corrected chi connectivity index (χ4v) is 5.30. The van der Waals surface area contributed by atoms with Crippen LogP contribution < -0.4 is 0 Å². The molecule has 36 heavy (non-hydrogen) atoms.